The average Bonchev–Trinajstić information content (AvgIpc) is 2.45. The van der Waals surface area contributed by atoms with Crippen molar-refractivity contribution in [3.05, 3.63) is 29.3 Å². The van der Waals surface area contributed by atoms with E-state index in [0.29, 0.717) is 0 Å². The summed E-state index contributed by atoms with van der Waals surface area (Å²) in [5.74, 6) is -0.801. The number of rotatable bonds is 6. The third kappa shape index (κ3) is 4.86. The number of aryl methyl sites for hydroxylation is 2. The van der Waals surface area contributed by atoms with Crippen molar-refractivity contribution < 1.29 is 19.4 Å². The van der Waals surface area contributed by atoms with Crippen LogP contribution >= 0.6 is 11.8 Å². The Morgan fingerprint density at radius 2 is 2.05 bits per heavy atom. The van der Waals surface area contributed by atoms with Crippen molar-refractivity contribution in [3.63, 3.8) is 0 Å². The van der Waals surface area contributed by atoms with Crippen LogP contribution in [-0.2, 0) is 14.3 Å². The van der Waals surface area contributed by atoms with Crippen LogP contribution in [0.1, 0.15) is 11.1 Å². The molecule has 0 bridgehead atoms. The number of aliphatic hydroxyl groups is 1. The lowest BCUT2D eigenvalue weighted by molar-refractivity contribution is -0.145. The van der Waals surface area contributed by atoms with E-state index < -0.39 is 18.6 Å². The first kappa shape index (κ1) is 16.5. The summed E-state index contributed by atoms with van der Waals surface area (Å²) in [6.07, 6.45) is 0. The second-order valence-electron chi connectivity index (χ2n) is 4.36. The number of carbonyl (C=O) groups is 2. The quantitative estimate of drug-likeness (QED) is 0.606. The number of ether oxygens (including phenoxy) is 1. The third-order valence-electron chi connectivity index (χ3n) is 2.85. The second kappa shape index (κ2) is 7.91. The minimum Gasteiger partial charge on any atom is -0.467 e. The molecule has 0 aliphatic heterocycles. The van der Waals surface area contributed by atoms with E-state index in [0.717, 1.165) is 4.90 Å². The zero-order valence-electron chi connectivity index (χ0n) is 11.8. The van der Waals surface area contributed by atoms with Crippen molar-refractivity contribution in [2.45, 2.75) is 24.8 Å². The molecule has 1 atom stereocenters. The van der Waals surface area contributed by atoms with Crippen LogP contribution in [0.4, 0.5) is 0 Å². The van der Waals surface area contributed by atoms with E-state index in [9.17, 15) is 9.59 Å². The van der Waals surface area contributed by atoms with Gasteiger partial charge in [-0.05, 0) is 37.1 Å². The molecule has 0 saturated carbocycles. The van der Waals surface area contributed by atoms with E-state index in [1.807, 2.05) is 32.0 Å². The zero-order valence-corrected chi connectivity index (χ0v) is 12.6. The van der Waals surface area contributed by atoms with Crippen molar-refractivity contribution in [2.24, 2.45) is 0 Å². The van der Waals surface area contributed by atoms with Gasteiger partial charge in [0.2, 0.25) is 5.91 Å². The number of benzene rings is 1. The van der Waals surface area contributed by atoms with E-state index in [2.05, 4.69) is 10.1 Å². The lowest BCUT2D eigenvalue weighted by Gasteiger charge is -2.13. The first-order valence-corrected chi connectivity index (χ1v) is 7.14. The van der Waals surface area contributed by atoms with Gasteiger partial charge >= 0.3 is 5.97 Å². The molecule has 1 amide bonds. The van der Waals surface area contributed by atoms with Gasteiger partial charge in [0.15, 0.2) is 6.04 Å². The molecule has 0 radical (unpaired) electrons. The number of methoxy groups -OCH3 is 1. The largest absolute Gasteiger partial charge is 0.467 e. The number of thioether (sulfide) groups is 1. The summed E-state index contributed by atoms with van der Waals surface area (Å²) in [7, 11) is 1.21. The molecule has 1 rings (SSSR count). The molecule has 20 heavy (non-hydrogen) atoms. The van der Waals surface area contributed by atoms with Gasteiger partial charge in [-0.1, -0.05) is 6.07 Å². The van der Waals surface area contributed by atoms with Crippen molar-refractivity contribution >= 4 is 23.6 Å². The molecule has 0 heterocycles. The van der Waals surface area contributed by atoms with E-state index in [-0.39, 0.29) is 11.7 Å². The highest BCUT2D eigenvalue weighted by molar-refractivity contribution is 8.00. The van der Waals surface area contributed by atoms with Gasteiger partial charge in [0, 0.05) is 4.90 Å². The molecular formula is C14H19NO4S. The molecule has 5 nitrogen and oxygen atoms in total. The summed E-state index contributed by atoms with van der Waals surface area (Å²) in [5.41, 5.74) is 2.36. The van der Waals surface area contributed by atoms with E-state index in [4.69, 9.17) is 5.11 Å². The molecule has 1 aromatic carbocycles. The van der Waals surface area contributed by atoms with Gasteiger partial charge in [-0.3, -0.25) is 4.79 Å². The summed E-state index contributed by atoms with van der Waals surface area (Å²) in [6.45, 7) is 3.56. The molecule has 110 valence electrons. The highest BCUT2D eigenvalue weighted by atomic mass is 32.2. The molecule has 0 aliphatic carbocycles. The lowest BCUT2D eigenvalue weighted by atomic mass is 10.1. The molecule has 0 unspecified atom stereocenters. The summed E-state index contributed by atoms with van der Waals surface area (Å²) in [6, 6.07) is 4.95. The smallest absolute Gasteiger partial charge is 0.330 e. The van der Waals surface area contributed by atoms with Crippen molar-refractivity contribution in [1.29, 1.82) is 0 Å². The van der Waals surface area contributed by atoms with Gasteiger partial charge in [0.05, 0.1) is 19.5 Å². The summed E-state index contributed by atoms with van der Waals surface area (Å²) in [4.78, 5) is 23.9. The number of amides is 1. The SMILES string of the molecule is COC(=O)[C@@H](CO)NC(=O)CSc1ccc(C)c(C)c1. The van der Waals surface area contributed by atoms with Crippen LogP contribution in [-0.4, -0.2) is 42.5 Å². The van der Waals surface area contributed by atoms with Crippen molar-refractivity contribution in [3.8, 4) is 0 Å². The van der Waals surface area contributed by atoms with E-state index in [1.165, 1.54) is 30.0 Å². The first-order chi connectivity index (χ1) is 9.47. The Bertz CT molecular complexity index is 490. The maximum Gasteiger partial charge on any atom is 0.330 e. The highest BCUT2D eigenvalue weighted by Crippen LogP contribution is 2.20. The standard InChI is InChI=1S/C14H19NO4S/c1-9-4-5-11(6-10(9)2)20-8-13(17)15-12(7-16)14(18)19-3/h4-6,12,16H,7-8H2,1-3H3,(H,15,17)/t12-/m1/s1. The fraction of sp³-hybridized carbons (Fsp3) is 0.429. The normalized spacial score (nSPS) is 11.8. The number of aliphatic hydroxyl groups excluding tert-OH is 1. The van der Waals surface area contributed by atoms with Gasteiger partial charge in [0.25, 0.3) is 0 Å². The first-order valence-electron chi connectivity index (χ1n) is 6.16. The minimum absolute atomic E-state index is 0.177. The maximum absolute atomic E-state index is 11.7. The number of esters is 1. The molecule has 0 aliphatic rings. The Labute approximate surface area is 122 Å². The number of hydrogen-bond acceptors (Lipinski definition) is 5. The Morgan fingerprint density at radius 3 is 2.60 bits per heavy atom. The minimum atomic E-state index is -1.01. The predicted octanol–water partition coefficient (Wildman–Crippen LogP) is 1.05. The maximum atomic E-state index is 11.7. The van der Waals surface area contributed by atoms with Gasteiger partial charge in [-0.15, -0.1) is 11.8 Å². The number of carbonyl (C=O) groups excluding carboxylic acids is 2. The van der Waals surface area contributed by atoms with Crippen LogP contribution in [0.25, 0.3) is 0 Å². The monoisotopic (exact) mass is 297 g/mol. The Morgan fingerprint density at radius 1 is 1.35 bits per heavy atom. The molecule has 0 spiro atoms. The second-order valence-corrected chi connectivity index (χ2v) is 5.41. The van der Waals surface area contributed by atoms with Crippen LogP contribution in [0.2, 0.25) is 0 Å². The number of nitrogens with one attached hydrogen (secondary N) is 1. The molecule has 0 aromatic heterocycles. The third-order valence-corrected chi connectivity index (χ3v) is 3.85. The Hall–Kier alpha value is -1.53. The highest BCUT2D eigenvalue weighted by Gasteiger charge is 2.20. The van der Waals surface area contributed by atoms with Crippen LogP contribution in [0.5, 0.6) is 0 Å². The molecular weight excluding hydrogens is 278 g/mol. The van der Waals surface area contributed by atoms with Gasteiger partial charge in [0.1, 0.15) is 0 Å². The molecule has 6 heteroatoms. The summed E-state index contributed by atoms with van der Waals surface area (Å²) >= 11 is 1.38. The van der Waals surface area contributed by atoms with Crippen molar-refractivity contribution in [2.75, 3.05) is 19.5 Å². The summed E-state index contributed by atoms with van der Waals surface area (Å²) < 4.78 is 4.48. The predicted molar refractivity (Wildman–Crippen MR) is 77.7 cm³/mol. The van der Waals surface area contributed by atoms with Gasteiger partial charge in [-0.25, -0.2) is 4.79 Å². The Kier molecular flexibility index (Phi) is 6.54. The fourth-order valence-electron chi connectivity index (χ4n) is 1.51. The van der Waals surface area contributed by atoms with E-state index >= 15 is 0 Å². The molecule has 0 saturated heterocycles. The molecule has 0 fully saturated rings. The average molecular weight is 297 g/mol. The summed E-state index contributed by atoms with van der Waals surface area (Å²) in [5, 5.41) is 11.4. The van der Waals surface area contributed by atoms with Crippen LogP contribution < -0.4 is 5.32 Å². The molecule has 1 aromatic rings. The topological polar surface area (TPSA) is 75.6 Å². The van der Waals surface area contributed by atoms with Gasteiger partial charge < -0.3 is 15.2 Å². The van der Waals surface area contributed by atoms with Crippen molar-refractivity contribution in [1.82, 2.24) is 5.32 Å². The van der Waals surface area contributed by atoms with Gasteiger partial charge in [-0.2, -0.15) is 0 Å². The molecule has 2 N–H and O–H groups in total. The Balaban J connectivity index is 2.50. The fourth-order valence-corrected chi connectivity index (χ4v) is 2.32. The van der Waals surface area contributed by atoms with Crippen LogP contribution in [0.15, 0.2) is 23.1 Å². The zero-order chi connectivity index (χ0) is 15.1. The van der Waals surface area contributed by atoms with Crippen LogP contribution in [0.3, 0.4) is 0 Å². The lowest BCUT2D eigenvalue weighted by Crippen LogP contribution is -2.44. The van der Waals surface area contributed by atoms with E-state index in [1.54, 1.807) is 0 Å². The van der Waals surface area contributed by atoms with Crippen LogP contribution in [0, 0.1) is 13.8 Å². The number of hydrogen-bond donors (Lipinski definition) is 2.